The third kappa shape index (κ3) is 1.32. The summed E-state index contributed by atoms with van der Waals surface area (Å²) in [7, 11) is 1.84. The fourth-order valence-electron chi connectivity index (χ4n) is 1.42. The smallest absolute Gasteiger partial charge is 0.166 e. The normalized spacial score (nSPS) is 20.5. The molecule has 1 rings (SSSR count). The molecule has 0 aromatic heterocycles. The number of hydrogen-bond donors (Lipinski definition) is 2. The average molecular weight is 174 g/mol. The van der Waals surface area contributed by atoms with Crippen LogP contribution in [0, 0.1) is 0 Å². The number of rotatable bonds is 2. The number of nitrogens with two attached hydrogens (primary N) is 1. The Bertz CT molecular complexity index is 162. The van der Waals surface area contributed by atoms with E-state index in [9.17, 15) is 0 Å². The highest BCUT2D eigenvalue weighted by molar-refractivity contribution is 7.80. The highest BCUT2D eigenvalue weighted by atomic mass is 32.1. The van der Waals surface area contributed by atoms with Crippen LogP contribution in [-0.2, 0) is 0 Å². The molecule has 3 N–H and O–H groups in total. The Labute approximate surface area is 72.2 Å². The minimum Gasteiger partial charge on any atom is -0.394 e. The summed E-state index contributed by atoms with van der Waals surface area (Å²) >= 11 is 4.83. The minimum atomic E-state index is -0.133. The van der Waals surface area contributed by atoms with Gasteiger partial charge in [0, 0.05) is 7.05 Å². The second-order valence-corrected chi connectivity index (χ2v) is 3.55. The molecule has 4 heteroatoms. The van der Waals surface area contributed by atoms with Gasteiger partial charge in [-0.1, -0.05) is 0 Å². The number of thiocarbonyl (C=S) groups is 1. The van der Waals surface area contributed by atoms with E-state index in [1.807, 2.05) is 11.9 Å². The number of likely N-dealkylation sites (N-methyl/N-ethyl adjacent to an activating group) is 1. The van der Waals surface area contributed by atoms with Gasteiger partial charge in [-0.15, -0.1) is 0 Å². The van der Waals surface area contributed by atoms with Crippen molar-refractivity contribution in [2.75, 3.05) is 13.7 Å². The van der Waals surface area contributed by atoms with Crippen molar-refractivity contribution in [2.24, 2.45) is 5.73 Å². The number of hydrogen-bond acceptors (Lipinski definition) is 2. The first-order valence-electron chi connectivity index (χ1n) is 3.76. The van der Waals surface area contributed by atoms with Gasteiger partial charge in [-0.05, 0) is 31.5 Å². The Kier molecular flexibility index (Phi) is 2.34. The quantitative estimate of drug-likeness (QED) is 0.582. The summed E-state index contributed by atoms with van der Waals surface area (Å²) in [6.45, 7) is 0.154. The van der Waals surface area contributed by atoms with E-state index in [1.54, 1.807) is 0 Å². The maximum Gasteiger partial charge on any atom is 0.166 e. The SMILES string of the molecule is CN(C(N)=S)C1(CO)CCC1. The molecule has 0 unspecified atom stereocenters. The third-order valence-electron chi connectivity index (χ3n) is 2.62. The fourth-order valence-corrected chi connectivity index (χ4v) is 1.61. The van der Waals surface area contributed by atoms with Crippen molar-refractivity contribution in [3.05, 3.63) is 0 Å². The van der Waals surface area contributed by atoms with Crippen molar-refractivity contribution >= 4 is 17.3 Å². The lowest BCUT2D eigenvalue weighted by atomic mass is 9.76. The molecular weight excluding hydrogens is 160 g/mol. The van der Waals surface area contributed by atoms with Crippen molar-refractivity contribution in [1.29, 1.82) is 0 Å². The molecule has 0 spiro atoms. The molecule has 1 aliphatic carbocycles. The molecule has 1 fully saturated rings. The molecule has 0 heterocycles. The van der Waals surface area contributed by atoms with Gasteiger partial charge in [-0.2, -0.15) is 0 Å². The molecule has 0 aliphatic heterocycles. The Hall–Kier alpha value is -0.350. The molecule has 3 nitrogen and oxygen atoms in total. The zero-order valence-corrected chi connectivity index (χ0v) is 7.52. The molecule has 0 aromatic rings. The van der Waals surface area contributed by atoms with Crippen molar-refractivity contribution in [2.45, 2.75) is 24.8 Å². The Balaban J connectivity index is 2.61. The summed E-state index contributed by atoms with van der Waals surface area (Å²) in [4.78, 5) is 1.81. The van der Waals surface area contributed by atoms with E-state index >= 15 is 0 Å². The molecule has 11 heavy (non-hydrogen) atoms. The standard InChI is InChI=1S/C7H14N2OS/c1-9(6(8)11)7(5-10)3-2-4-7/h10H,2-5H2,1H3,(H2,8,11). The second-order valence-electron chi connectivity index (χ2n) is 3.13. The summed E-state index contributed by atoms with van der Waals surface area (Å²) in [5.41, 5.74) is 5.32. The topological polar surface area (TPSA) is 49.5 Å². The lowest BCUT2D eigenvalue weighted by molar-refractivity contribution is 0.0298. The number of nitrogens with zero attached hydrogens (tertiary/aromatic N) is 1. The maximum absolute atomic E-state index is 9.10. The maximum atomic E-state index is 9.10. The molecule has 0 aromatic carbocycles. The second kappa shape index (κ2) is 2.95. The summed E-state index contributed by atoms with van der Waals surface area (Å²) in [6.07, 6.45) is 3.15. The van der Waals surface area contributed by atoms with Crippen molar-refractivity contribution in [1.82, 2.24) is 4.90 Å². The van der Waals surface area contributed by atoms with Crippen LogP contribution in [0.25, 0.3) is 0 Å². The zero-order chi connectivity index (χ0) is 8.48. The van der Waals surface area contributed by atoms with E-state index in [4.69, 9.17) is 23.1 Å². The van der Waals surface area contributed by atoms with E-state index in [0.29, 0.717) is 5.11 Å². The first-order chi connectivity index (χ1) is 5.12. The van der Waals surface area contributed by atoms with Crippen LogP contribution >= 0.6 is 12.2 Å². The number of aliphatic hydroxyl groups excluding tert-OH is 1. The molecule has 0 amide bonds. The van der Waals surface area contributed by atoms with Crippen LogP contribution in [0.5, 0.6) is 0 Å². The van der Waals surface area contributed by atoms with Gasteiger partial charge in [0.05, 0.1) is 12.1 Å². The van der Waals surface area contributed by atoms with Gasteiger partial charge in [0.15, 0.2) is 5.11 Å². The van der Waals surface area contributed by atoms with Gasteiger partial charge in [0.1, 0.15) is 0 Å². The molecule has 1 saturated carbocycles. The van der Waals surface area contributed by atoms with E-state index in [-0.39, 0.29) is 12.1 Å². The van der Waals surface area contributed by atoms with Crippen LogP contribution in [0.3, 0.4) is 0 Å². The van der Waals surface area contributed by atoms with Gasteiger partial charge in [-0.25, -0.2) is 0 Å². The minimum absolute atomic E-state index is 0.133. The van der Waals surface area contributed by atoms with E-state index in [2.05, 4.69) is 0 Å². The lowest BCUT2D eigenvalue weighted by Crippen LogP contribution is -2.58. The van der Waals surface area contributed by atoms with Crippen molar-refractivity contribution in [3.63, 3.8) is 0 Å². The highest BCUT2D eigenvalue weighted by Gasteiger charge is 2.40. The molecule has 0 bridgehead atoms. The monoisotopic (exact) mass is 174 g/mol. The van der Waals surface area contributed by atoms with Gasteiger partial charge in [0.2, 0.25) is 0 Å². The predicted octanol–water partition coefficient (Wildman–Crippen LogP) is 0.0768. The van der Waals surface area contributed by atoms with Gasteiger partial charge in [-0.3, -0.25) is 0 Å². The van der Waals surface area contributed by atoms with Gasteiger partial charge < -0.3 is 15.7 Å². The molecule has 0 radical (unpaired) electrons. The summed E-state index contributed by atoms with van der Waals surface area (Å²) in [6, 6.07) is 0. The van der Waals surface area contributed by atoms with Crippen LogP contribution in [0.4, 0.5) is 0 Å². The molecule has 1 aliphatic rings. The van der Waals surface area contributed by atoms with Crippen LogP contribution in [-0.4, -0.2) is 34.3 Å². The average Bonchev–Trinajstić information content (AvgIpc) is 1.86. The van der Waals surface area contributed by atoms with Crippen LogP contribution < -0.4 is 5.73 Å². The Morgan fingerprint density at radius 1 is 1.73 bits per heavy atom. The van der Waals surface area contributed by atoms with E-state index in [1.165, 1.54) is 0 Å². The molecular formula is C7H14N2OS. The fraction of sp³-hybridized carbons (Fsp3) is 0.857. The van der Waals surface area contributed by atoms with Gasteiger partial charge >= 0.3 is 0 Å². The largest absolute Gasteiger partial charge is 0.394 e. The van der Waals surface area contributed by atoms with Crippen LogP contribution in [0.2, 0.25) is 0 Å². The van der Waals surface area contributed by atoms with Crippen molar-refractivity contribution < 1.29 is 5.11 Å². The summed E-state index contributed by atoms with van der Waals surface area (Å²) in [5, 5.41) is 9.47. The lowest BCUT2D eigenvalue weighted by Gasteiger charge is -2.47. The van der Waals surface area contributed by atoms with E-state index < -0.39 is 0 Å². The Morgan fingerprint density at radius 3 is 2.36 bits per heavy atom. The van der Waals surface area contributed by atoms with Crippen molar-refractivity contribution in [3.8, 4) is 0 Å². The van der Waals surface area contributed by atoms with Gasteiger partial charge in [0.25, 0.3) is 0 Å². The molecule has 64 valence electrons. The summed E-state index contributed by atoms with van der Waals surface area (Å²) in [5.74, 6) is 0. The third-order valence-corrected chi connectivity index (χ3v) is 2.89. The first kappa shape index (κ1) is 8.74. The van der Waals surface area contributed by atoms with Crippen LogP contribution in [0.1, 0.15) is 19.3 Å². The summed E-state index contributed by atoms with van der Waals surface area (Å²) < 4.78 is 0. The molecule has 0 atom stereocenters. The predicted molar refractivity (Wildman–Crippen MR) is 48.2 cm³/mol. The Morgan fingerprint density at radius 2 is 2.27 bits per heavy atom. The zero-order valence-electron chi connectivity index (χ0n) is 6.71. The van der Waals surface area contributed by atoms with E-state index in [0.717, 1.165) is 19.3 Å². The molecule has 0 saturated heterocycles. The van der Waals surface area contributed by atoms with Crippen LogP contribution in [0.15, 0.2) is 0 Å². The first-order valence-corrected chi connectivity index (χ1v) is 4.17. The highest BCUT2D eigenvalue weighted by Crippen LogP contribution is 2.36. The number of aliphatic hydroxyl groups is 1.